The lowest BCUT2D eigenvalue weighted by molar-refractivity contribution is -0.133. The van der Waals surface area contributed by atoms with Crippen LogP contribution in [0, 0.1) is 0 Å². The number of hydrogen-bond acceptors (Lipinski definition) is 4. The largest absolute Gasteiger partial charge is 0.361 e. The minimum atomic E-state index is -0.111. The van der Waals surface area contributed by atoms with Gasteiger partial charge in [0.15, 0.2) is 0 Å². The number of benzene rings is 1. The SMILES string of the molecule is CCCNC(=O)CN(C)C(=O)CN1CCNCc2ccccc21.Cl. The van der Waals surface area contributed by atoms with Gasteiger partial charge < -0.3 is 20.4 Å². The number of likely N-dealkylation sites (N-methyl/N-ethyl adjacent to an activating group) is 1. The first-order chi connectivity index (χ1) is 11.1. The van der Waals surface area contributed by atoms with Crippen LogP contribution in [0.25, 0.3) is 0 Å². The second-order valence-corrected chi connectivity index (χ2v) is 5.83. The van der Waals surface area contributed by atoms with Gasteiger partial charge in [0.05, 0.1) is 13.1 Å². The van der Waals surface area contributed by atoms with Gasteiger partial charge in [-0.15, -0.1) is 12.4 Å². The normalized spacial score (nSPS) is 13.3. The van der Waals surface area contributed by atoms with Gasteiger partial charge in [0.2, 0.25) is 11.8 Å². The Kier molecular flexibility index (Phi) is 8.57. The molecule has 0 radical (unpaired) electrons. The van der Waals surface area contributed by atoms with Gasteiger partial charge in [0.1, 0.15) is 0 Å². The fraction of sp³-hybridized carbons (Fsp3) is 0.529. The number of carbonyl (C=O) groups is 2. The topological polar surface area (TPSA) is 64.7 Å². The van der Waals surface area contributed by atoms with Gasteiger partial charge in [0, 0.05) is 38.9 Å². The zero-order valence-corrected chi connectivity index (χ0v) is 15.2. The third-order valence-electron chi connectivity index (χ3n) is 3.91. The van der Waals surface area contributed by atoms with E-state index in [2.05, 4.69) is 21.6 Å². The summed E-state index contributed by atoms with van der Waals surface area (Å²) in [6, 6.07) is 8.12. The molecule has 0 aromatic heterocycles. The van der Waals surface area contributed by atoms with E-state index in [9.17, 15) is 9.59 Å². The maximum absolute atomic E-state index is 12.4. The molecule has 0 saturated carbocycles. The van der Waals surface area contributed by atoms with E-state index in [-0.39, 0.29) is 37.3 Å². The van der Waals surface area contributed by atoms with Crippen molar-refractivity contribution in [3.63, 3.8) is 0 Å². The van der Waals surface area contributed by atoms with E-state index in [1.165, 1.54) is 10.5 Å². The lowest BCUT2D eigenvalue weighted by atomic mass is 10.1. The number of anilines is 1. The summed E-state index contributed by atoms with van der Waals surface area (Å²) in [6.45, 7) is 5.46. The van der Waals surface area contributed by atoms with Crippen LogP contribution in [0.4, 0.5) is 5.69 Å². The molecule has 0 fully saturated rings. The lowest BCUT2D eigenvalue weighted by Crippen LogP contribution is -2.44. The first-order valence-electron chi connectivity index (χ1n) is 8.16. The predicted octanol–water partition coefficient (Wildman–Crippen LogP) is 1.00. The van der Waals surface area contributed by atoms with Crippen LogP contribution in [-0.2, 0) is 16.1 Å². The maximum Gasteiger partial charge on any atom is 0.242 e. The Morgan fingerprint density at radius 2 is 2.08 bits per heavy atom. The van der Waals surface area contributed by atoms with E-state index < -0.39 is 0 Å². The van der Waals surface area contributed by atoms with E-state index >= 15 is 0 Å². The molecule has 0 unspecified atom stereocenters. The molecule has 1 aromatic rings. The van der Waals surface area contributed by atoms with Crippen molar-refractivity contribution in [1.29, 1.82) is 0 Å². The van der Waals surface area contributed by atoms with E-state index in [1.54, 1.807) is 7.05 Å². The predicted molar refractivity (Wildman–Crippen MR) is 98.5 cm³/mol. The summed E-state index contributed by atoms with van der Waals surface area (Å²) in [4.78, 5) is 27.7. The van der Waals surface area contributed by atoms with E-state index in [1.807, 2.05) is 25.1 Å². The van der Waals surface area contributed by atoms with Crippen molar-refractivity contribution in [3.05, 3.63) is 29.8 Å². The Balaban J connectivity index is 0.00000288. The minimum absolute atomic E-state index is 0. The van der Waals surface area contributed by atoms with Crippen molar-refractivity contribution in [1.82, 2.24) is 15.5 Å². The van der Waals surface area contributed by atoms with E-state index in [0.717, 1.165) is 31.7 Å². The number of rotatable bonds is 6. The first kappa shape index (κ1) is 20.3. The molecule has 7 heteroatoms. The highest BCUT2D eigenvalue weighted by Crippen LogP contribution is 2.21. The van der Waals surface area contributed by atoms with Crippen molar-refractivity contribution in [3.8, 4) is 0 Å². The molecule has 134 valence electrons. The molecule has 2 amide bonds. The minimum Gasteiger partial charge on any atom is -0.361 e. The van der Waals surface area contributed by atoms with Crippen molar-refractivity contribution in [2.75, 3.05) is 44.7 Å². The Hall–Kier alpha value is -1.79. The summed E-state index contributed by atoms with van der Waals surface area (Å²) >= 11 is 0. The molecule has 0 aliphatic carbocycles. The zero-order valence-electron chi connectivity index (χ0n) is 14.4. The standard InChI is InChI=1S/C17H26N4O2.ClH/c1-3-8-19-16(22)12-20(2)17(23)13-21-10-9-18-11-14-6-4-5-7-15(14)21;/h4-7,18H,3,8-13H2,1-2H3,(H,19,22);1H. The Bertz CT molecular complexity index is 553. The molecule has 1 aliphatic heterocycles. The molecule has 6 nitrogen and oxygen atoms in total. The van der Waals surface area contributed by atoms with Crippen LogP contribution in [0.1, 0.15) is 18.9 Å². The van der Waals surface area contributed by atoms with Crippen molar-refractivity contribution in [2.24, 2.45) is 0 Å². The quantitative estimate of drug-likeness (QED) is 0.800. The van der Waals surface area contributed by atoms with E-state index in [0.29, 0.717) is 6.54 Å². The number of nitrogens with zero attached hydrogens (tertiary/aromatic N) is 2. The van der Waals surface area contributed by atoms with Gasteiger partial charge in [-0.25, -0.2) is 0 Å². The number of amides is 2. The molecule has 1 aromatic carbocycles. The van der Waals surface area contributed by atoms with Gasteiger partial charge in [-0.2, -0.15) is 0 Å². The fourth-order valence-corrected chi connectivity index (χ4v) is 2.60. The second kappa shape index (κ2) is 10.2. The third-order valence-corrected chi connectivity index (χ3v) is 3.91. The molecule has 2 rings (SSSR count). The molecule has 0 spiro atoms. The molecule has 24 heavy (non-hydrogen) atoms. The van der Waals surface area contributed by atoms with Gasteiger partial charge in [-0.3, -0.25) is 9.59 Å². The zero-order chi connectivity index (χ0) is 16.7. The monoisotopic (exact) mass is 354 g/mol. The van der Waals surface area contributed by atoms with Crippen LogP contribution < -0.4 is 15.5 Å². The fourth-order valence-electron chi connectivity index (χ4n) is 2.60. The highest BCUT2D eigenvalue weighted by Gasteiger charge is 2.20. The van der Waals surface area contributed by atoms with Gasteiger partial charge in [-0.1, -0.05) is 25.1 Å². The molecule has 0 bridgehead atoms. The molecule has 1 heterocycles. The van der Waals surface area contributed by atoms with Crippen LogP contribution in [-0.4, -0.2) is 56.5 Å². The second-order valence-electron chi connectivity index (χ2n) is 5.83. The summed E-state index contributed by atoms with van der Waals surface area (Å²) in [5, 5.41) is 6.15. The molecular weight excluding hydrogens is 328 g/mol. The molecular formula is C17H27ClN4O2. The van der Waals surface area contributed by atoms with Crippen molar-refractivity contribution < 1.29 is 9.59 Å². The number of fused-ring (bicyclic) bond motifs is 1. The summed E-state index contributed by atoms with van der Waals surface area (Å²) in [5.74, 6) is -0.158. The van der Waals surface area contributed by atoms with Crippen molar-refractivity contribution in [2.45, 2.75) is 19.9 Å². The maximum atomic E-state index is 12.4. The highest BCUT2D eigenvalue weighted by atomic mass is 35.5. The summed E-state index contributed by atoms with van der Waals surface area (Å²) in [6.07, 6.45) is 0.890. The Morgan fingerprint density at radius 1 is 1.33 bits per heavy atom. The number of carbonyl (C=O) groups excluding carboxylic acids is 2. The number of nitrogens with one attached hydrogen (secondary N) is 2. The molecule has 0 saturated heterocycles. The molecule has 2 N–H and O–H groups in total. The van der Waals surface area contributed by atoms with Gasteiger partial charge in [-0.05, 0) is 18.1 Å². The van der Waals surface area contributed by atoms with Gasteiger partial charge >= 0.3 is 0 Å². The van der Waals surface area contributed by atoms with Crippen LogP contribution in [0.2, 0.25) is 0 Å². The van der Waals surface area contributed by atoms with Crippen LogP contribution >= 0.6 is 12.4 Å². The number of para-hydroxylation sites is 1. The van der Waals surface area contributed by atoms with Gasteiger partial charge in [0.25, 0.3) is 0 Å². The lowest BCUT2D eigenvalue weighted by Gasteiger charge is -2.26. The average Bonchev–Trinajstić information content (AvgIpc) is 2.75. The van der Waals surface area contributed by atoms with Crippen LogP contribution in [0.5, 0.6) is 0 Å². The summed E-state index contributed by atoms with van der Waals surface area (Å²) in [7, 11) is 1.68. The highest BCUT2D eigenvalue weighted by molar-refractivity contribution is 5.87. The molecule has 0 atom stereocenters. The Labute approximate surface area is 150 Å². The van der Waals surface area contributed by atoms with Crippen molar-refractivity contribution >= 4 is 29.9 Å². The summed E-state index contributed by atoms with van der Waals surface area (Å²) < 4.78 is 0. The molecule has 1 aliphatic rings. The first-order valence-corrected chi connectivity index (χ1v) is 8.16. The smallest absolute Gasteiger partial charge is 0.242 e. The number of halogens is 1. The third kappa shape index (κ3) is 5.69. The average molecular weight is 355 g/mol. The summed E-state index contributed by atoms with van der Waals surface area (Å²) in [5.41, 5.74) is 2.29. The van der Waals surface area contributed by atoms with Crippen LogP contribution in [0.3, 0.4) is 0 Å². The van der Waals surface area contributed by atoms with E-state index in [4.69, 9.17) is 0 Å². The Morgan fingerprint density at radius 3 is 2.83 bits per heavy atom. The van der Waals surface area contributed by atoms with Crippen LogP contribution in [0.15, 0.2) is 24.3 Å². The number of hydrogen-bond donors (Lipinski definition) is 2.